The van der Waals surface area contributed by atoms with Crippen LogP contribution in [-0.2, 0) is 19.6 Å². The molecular weight excluding hydrogens is 342 g/mol. The molecule has 140 valence electrons. The number of carbonyl (C=O) groups excluding carboxylic acids is 1. The van der Waals surface area contributed by atoms with E-state index in [1.807, 2.05) is 0 Å². The molecule has 0 aromatic heterocycles. The van der Waals surface area contributed by atoms with Gasteiger partial charge in [-0.25, -0.2) is 4.79 Å². The lowest BCUT2D eigenvalue weighted by Crippen LogP contribution is -2.41. The Labute approximate surface area is 141 Å². The minimum absolute atomic E-state index is 0.464. The smallest absolute Gasteiger partial charge is 0.457 e. The van der Waals surface area contributed by atoms with Gasteiger partial charge in [0.05, 0.1) is 0 Å². The first-order chi connectivity index (χ1) is 11.1. The molecule has 0 aromatic rings. The van der Waals surface area contributed by atoms with E-state index < -0.39 is 27.4 Å². The molecule has 2 rings (SSSR count). The van der Waals surface area contributed by atoms with Crippen LogP contribution < -0.4 is 0 Å². The maximum Gasteiger partial charge on any atom is 0.465 e. The van der Waals surface area contributed by atoms with E-state index in [9.17, 15) is 22.0 Å². The highest BCUT2D eigenvalue weighted by atomic mass is 32.2. The summed E-state index contributed by atoms with van der Waals surface area (Å²) in [5.74, 6) is -0.179. The lowest BCUT2D eigenvalue weighted by atomic mass is 9.70. The average Bonchev–Trinajstić information content (AvgIpc) is 2.54. The summed E-state index contributed by atoms with van der Waals surface area (Å²) in [5.41, 5.74) is 0. The third-order valence-corrected chi connectivity index (χ3v) is 6.50. The Morgan fingerprint density at radius 1 is 1.04 bits per heavy atom. The third-order valence-electron chi connectivity index (χ3n) is 5.69. The van der Waals surface area contributed by atoms with Gasteiger partial charge in [-0.05, 0) is 56.3 Å². The molecule has 0 radical (unpaired) electrons. The van der Waals surface area contributed by atoms with Crippen LogP contribution in [0.25, 0.3) is 0 Å². The zero-order valence-corrected chi connectivity index (χ0v) is 14.7. The molecule has 0 atom stereocenters. The molecule has 0 aliphatic heterocycles. The van der Waals surface area contributed by atoms with Gasteiger partial charge in [-0.15, -0.1) is 0 Å². The highest BCUT2D eigenvalue weighted by Gasteiger charge is 2.54. The fraction of sp³-hybridized carbons (Fsp3) is 0.938. The molecule has 0 amide bonds. The van der Waals surface area contributed by atoms with Crippen molar-refractivity contribution in [3.63, 3.8) is 0 Å². The van der Waals surface area contributed by atoms with Gasteiger partial charge in [-0.1, -0.05) is 26.2 Å². The van der Waals surface area contributed by atoms with E-state index in [0.29, 0.717) is 24.7 Å². The van der Waals surface area contributed by atoms with Gasteiger partial charge in [0.25, 0.3) is 0 Å². The van der Waals surface area contributed by atoms with E-state index in [0.717, 1.165) is 18.8 Å². The molecule has 0 saturated heterocycles. The molecule has 0 bridgehead atoms. The molecule has 0 unspecified atom stereocenters. The van der Waals surface area contributed by atoms with Gasteiger partial charge in [0.2, 0.25) is 0 Å². The van der Waals surface area contributed by atoms with Crippen molar-refractivity contribution in [3.8, 4) is 0 Å². The predicted octanol–water partition coefficient (Wildman–Crippen LogP) is 3.79. The van der Waals surface area contributed by atoms with Crippen LogP contribution in [0.15, 0.2) is 0 Å². The molecule has 2 aliphatic carbocycles. The third kappa shape index (κ3) is 4.45. The SMILES string of the molecule is CCC1CCC(C2CCC(OC(=O)C(F)(F)S(=O)(=O)O)CC2)CC1. The van der Waals surface area contributed by atoms with Crippen LogP contribution in [0, 0.1) is 17.8 Å². The van der Waals surface area contributed by atoms with E-state index in [1.54, 1.807) is 0 Å². The summed E-state index contributed by atoms with van der Waals surface area (Å²) in [5, 5.41) is -4.90. The monoisotopic (exact) mass is 368 g/mol. The molecule has 5 nitrogen and oxygen atoms in total. The summed E-state index contributed by atoms with van der Waals surface area (Å²) >= 11 is 0. The Morgan fingerprint density at radius 3 is 1.92 bits per heavy atom. The second-order valence-electron chi connectivity index (χ2n) is 7.12. The fourth-order valence-electron chi connectivity index (χ4n) is 4.07. The Hall–Kier alpha value is -0.760. The number of hydrogen-bond acceptors (Lipinski definition) is 4. The van der Waals surface area contributed by atoms with Crippen molar-refractivity contribution in [2.75, 3.05) is 0 Å². The van der Waals surface area contributed by atoms with Gasteiger partial charge in [0.15, 0.2) is 0 Å². The van der Waals surface area contributed by atoms with Gasteiger partial charge in [-0.3, -0.25) is 4.55 Å². The zero-order chi connectivity index (χ0) is 18.0. The first-order valence-corrected chi connectivity index (χ1v) is 10.1. The molecule has 8 heteroatoms. The number of alkyl halides is 2. The molecule has 2 aliphatic rings. The minimum Gasteiger partial charge on any atom is -0.457 e. The Bertz CT molecular complexity index is 533. The van der Waals surface area contributed by atoms with Crippen molar-refractivity contribution in [3.05, 3.63) is 0 Å². The first kappa shape index (κ1) is 19.6. The summed E-state index contributed by atoms with van der Waals surface area (Å²) in [6.45, 7) is 2.22. The first-order valence-electron chi connectivity index (χ1n) is 8.71. The van der Waals surface area contributed by atoms with Gasteiger partial charge >= 0.3 is 21.3 Å². The van der Waals surface area contributed by atoms with Crippen molar-refractivity contribution in [2.24, 2.45) is 17.8 Å². The van der Waals surface area contributed by atoms with Crippen molar-refractivity contribution in [2.45, 2.75) is 76.1 Å². The quantitative estimate of drug-likeness (QED) is 0.590. The van der Waals surface area contributed by atoms with Crippen LogP contribution in [0.1, 0.15) is 64.7 Å². The lowest BCUT2D eigenvalue weighted by molar-refractivity contribution is -0.169. The maximum atomic E-state index is 13.2. The Balaban J connectivity index is 1.80. The molecule has 24 heavy (non-hydrogen) atoms. The van der Waals surface area contributed by atoms with Crippen molar-refractivity contribution < 1.29 is 31.3 Å². The molecule has 0 heterocycles. The molecule has 0 aromatic carbocycles. The van der Waals surface area contributed by atoms with Gasteiger partial charge < -0.3 is 4.74 Å². The molecular formula is C16H26F2O5S. The van der Waals surface area contributed by atoms with Gasteiger partial charge in [0.1, 0.15) is 6.10 Å². The largest absolute Gasteiger partial charge is 0.465 e. The summed E-state index contributed by atoms with van der Waals surface area (Å²) in [6, 6.07) is 0. The molecule has 2 fully saturated rings. The maximum absolute atomic E-state index is 13.2. The summed E-state index contributed by atoms with van der Waals surface area (Å²) < 4.78 is 60.6. The molecule has 1 N–H and O–H groups in total. The number of esters is 1. The van der Waals surface area contributed by atoms with E-state index in [4.69, 9.17) is 4.55 Å². The second-order valence-corrected chi connectivity index (χ2v) is 8.59. The number of hydrogen-bond donors (Lipinski definition) is 1. The highest BCUT2D eigenvalue weighted by Crippen LogP contribution is 2.41. The summed E-state index contributed by atoms with van der Waals surface area (Å²) in [7, 11) is -5.80. The van der Waals surface area contributed by atoms with E-state index >= 15 is 0 Å². The lowest BCUT2D eigenvalue weighted by Gasteiger charge is -2.37. The number of carbonyl (C=O) groups is 1. The fourth-order valence-corrected chi connectivity index (χ4v) is 4.33. The summed E-state index contributed by atoms with van der Waals surface area (Å²) in [4.78, 5) is 11.3. The van der Waals surface area contributed by atoms with Crippen molar-refractivity contribution >= 4 is 16.1 Å². The molecule has 0 spiro atoms. The van der Waals surface area contributed by atoms with E-state index in [-0.39, 0.29) is 0 Å². The van der Waals surface area contributed by atoms with Crippen molar-refractivity contribution in [1.82, 2.24) is 0 Å². The highest BCUT2D eigenvalue weighted by molar-refractivity contribution is 7.87. The average molecular weight is 368 g/mol. The Morgan fingerprint density at radius 2 is 1.50 bits per heavy atom. The standard InChI is InChI=1S/C16H26F2O5S/c1-2-11-3-5-12(6-4-11)13-7-9-14(10-8-13)23-15(19)16(17,18)24(20,21)22/h11-14H,2-10H2,1H3,(H,20,21,22). The topological polar surface area (TPSA) is 80.7 Å². The minimum atomic E-state index is -5.80. The van der Waals surface area contributed by atoms with Crippen LogP contribution >= 0.6 is 0 Å². The number of rotatable bonds is 5. The van der Waals surface area contributed by atoms with Crippen molar-refractivity contribution in [1.29, 1.82) is 0 Å². The van der Waals surface area contributed by atoms with Crippen LogP contribution in [0.4, 0.5) is 8.78 Å². The normalized spacial score (nSPS) is 32.3. The predicted molar refractivity (Wildman–Crippen MR) is 84.1 cm³/mol. The van der Waals surface area contributed by atoms with Crippen LogP contribution in [0.2, 0.25) is 0 Å². The van der Waals surface area contributed by atoms with E-state index in [2.05, 4.69) is 11.7 Å². The molecule has 2 saturated carbocycles. The second kappa shape index (κ2) is 7.64. The Kier molecular flexibility index (Phi) is 6.23. The summed E-state index contributed by atoms with van der Waals surface area (Å²) in [6.07, 6.45) is 7.95. The number of halogens is 2. The van der Waals surface area contributed by atoms with E-state index in [1.165, 1.54) is 32.1 Å². The van der Waals surface area contributed by atoms with Gasteiger partial charge in [-0.2, -0.15) is 17.2 Å². The number of ether oxygens (including phenoxy) is 1. The van der Waals surface area contributed by atoms with Gasteiger partial charge in [0, 0.05) is 0 Å². The van der Waals surface area contributed by atoms with Crippen LogP contribution in [0.5, 0.6) is 0 Å². The van der Waals surface area contributed by atoms with Crippen LogP contribution in [0.3, 0.4) is 0 Å². The van der Waals surface area contributed by atoms with Crippen LogP contribution in [-0.4, -0.2) is 30.3 Å². The zero-order valence-electron chi connectivity index (χ0n) is 13.9.